The molecule has 27 heavy (non-hydrogen) atoms. The normalized spacial score (nSPS) is 24.6. The van der Waals surface area contributed by atoms with Crippen LogP contribution in [0.15, 0.2) is 54.8 Å². The minimum atomic E-state index is 0.170. The van der Waals surface area contributed by atoms with Crippen molar-refractivity contribution in [3.63, 3.8) is 0 Å². The highest BCUT2D eigenvalue weighted by atomic mass is 16.3. The average Bonchev–Trinajstić information content (AvgIpc) is 2.98. The second-order valence-corrected chi connectivity index (χ2v) is 8.07. The molecule has 4 heteroatoms. The monoisotopic (exact) mass is 365 g/mol. The lowest BCUT2D eigenvalue weighted by Crippen LogP contribution is -2.49. The van der Waals surface area contributed by atoms with Gasteiger partial charge < -0.3 is 19.8 Å². The van der Waals surface area contributed by atoms with Crippen LogP contribution in [0.1, 0.15) is 30.7 Å². The number of rotatable bonds is 6. The summed E-state index contributed by atoms with van der Waals surface area (Å²) >= 11 is 0. The zero-order valence-electron chi connectivity index (χ0n) is 16.4. The van der Waals surface area contributed by atoms with Crippen LogP contribution in [0.4, 0.5) is 11.4 Å². The first kappa shape index (κ1) is 18.2. The molecule has 3 heterocycles. The van der Waals surface area contributed by atoms with E-state index in [2.05, 4.69) is 53.1 Å². The number of aliphatic hydroxyl groups excluding tert-OH is 1. The van der Waals surface area contributed by atoms with Crippen LogP contribution < -0.4 is 9.80 Å². The number of likely N-dealkylation sites (tertiary alicyclic amines) is 1. The molecule has 0 saturated carbocycles. The Morgan fingerprint density at radius 1 is 1.30 bits per heavy atom. The number of hydrogen-bond donors (Lipinski definition) is 1. The summed E-state index contributed by atoms with van der Waals surface area (Å²) in [7, 11) is 2.21. The van der Waals surface area contributed by atoms with Crippen LogP contribution in [-0.2, 0) is 0 Å². The molecular weight excluding hydrogens is 334 g/mol. The van der Waals surface area contributed by atoms with Gasteiger partial charge in [0.05, 0.1) is 11.4 Å². The highest BCUT2D eigenvalue weighted by Crippen LogP contribution is 2.50. The molecule has 0 spiro atoms. The van der Waals surface area contributed by atoms with Gasteiger partial charge in [0.2, 0.25) is 0 Å². The molecule has 1 aromatic carbocycles. The molecule has 2 atom stereocenters. The maximum absolute atomic E-state index is 9.69. The van der Waals surface area contributed by atoms with E-state index in [0.29, 0.717) is 12.0 Å². The van der Waals surface area contributed by atoms with Gasteiger partial charge in [0.1, 0.15) is 5.76 Å². The molecule has 144 valence electrons. The maximum atomic E-state index is 9.69. The summed E-state index contributed by atoms with van der Waals surface area (Å²) in [6.07, 6.45) is 6.72. The van der Waals surface area contributed by atoms with Crippen LogP contribution in [0.2, 0.25) is 0 Å². The molecule has 0 bridgehead atoms. The van der Waals surface area contributed by atoms with E-state index in [1.807, 2.05) is 6.08 Å². The summed E-state index contributed by atoms with van der Waals surface area (Å²) in [4.78, 5) is 7.70. The number of piperidine rings is 1. The molecule has 1 aromatic rings. The first-order chi connectivity index (χ1) is 13.1. The van der Waals surface area contributed by atoms with Crippen molar-refractivity contribution in [1.82, 2.24) is 4.90 Å². The lowest BCUT2D eigenvalue weighted by molar-refractivity contribution is 0.191. The molecule has 1 N–H and O–H groups in total. The predicted molar refractivity (Wildman–Crippen MR) is 114 cm³/mol. The van der Waals surface area contributed by atoms with E-state index in [0.717, 1.165) is 51.1 Å². The molecule has 0 aromatic heterocycles. The third-order valence-electron chi connectivity index (χ3n) is 6.49. The summed E-state index contributed by atoms with van der Waals surface area (Å²) in [5, 5.41) is 9.69. The van der Waals surface area contributed by atoms with E-state index in [4.69, 9.17) is 0 Å². The summed E-state index contributed by atoms with van der Waals surface area (Å²) in [6, 6.07) is 7.52. The van der Waals surface area contributed by atoms with Gasteiger partial charge in [-0.05, 0) is 43.0 Å². The van der Waals surface area contributed by atoms with Gasteiger partial charge in [0, 0.05) is 45.2 Å². The van der Waals surface area contributed by atoms with Crippen molar-refractivity contribution in [3.8, 4) is 0 Å². The van der Waals surface area contributed by atoms with E-state index in [9.17, 15) is 5.11 Å². The van der Waals surface area contributed by atoms with Crippen molar-refractivity contribution in [3.05, 3.63) is 60.4 Å². The fraction of sp³-hybridized carbons (Fsp3) is 0.478. The van der Waals surface area contributed by atoms with E-state index in [-0.39, 0.29) is 5.76 Å². The molecule has 0 aliphatic carbocycles. The molecule has 1 fully saturated rings. The van der Waals surface area contributed by atoms with Crippen LogP contribution in [-0.4, -0.2) is 55.8 Å². The van der Waals surface area contributed by atoms with E-state index < -0.39 is 0 Å². The summed E-state index contributed by atoms with van der Waals surface area (Å²) in [5.74, 6) is 0.792. The van der Waals surface area contributed by atoms with Crippen molar-refractivity contribution in [2.24, 2.45) is 0 Å². The van der Waals surface area contributed by atoms with Gasteiger partial charge in [-0.2, -0.15) is 0 Å². The Morgan fingerprint density at radius 2 is 2.15 bits per heavy atom. The number of allylic oxidation sites excluding steroid dienone is 3. The lowest BCUT2D eigenvalue weighted by Gasteiger charge is -2.41. The van der Waals surface area contributed by atoms with E-state index >= 15 is 0 Å². The molecule has 4 nitrogen and oxygen atoms in total. The Kier molecular flexibility index (Phi) is 5.00. The van der Waals surface area contributed by atoms with Gasteiger partial charge >= 0.3 is 0 Å². The second-order valence-electron chi connectivity index (χ2n) is 8.07. The lowest BCUT2D eigenvalue weighted by atomic mass is 9.89. The first-order valence-electron chi connectivity index (χ1n) is 10.1. The zero-order valence-corrected chi connectivity index (χ0v) is 16.4. The van der Waals surface area contributed by atoms with Crippen molar-refractivity contribution in [2.75, 3.05) is 49.6 Å². The topological polar surface area (TPSA) is 30.0 Å². The number of fused-ring (bicyclic) bond motifs is 3. The van der Waals surface area contributed by atoms with Crippen LogP contribution in [0.3, 0.4) is 0 Å². The Labute approximate surface area is 163 Å². The number of benzene rings is 1. The second kappa shape index (κ2) is 7.43. The zero-order chi connectivity index (χ0) is 19.0. The van der Waals surface area contributed by atoms with Gasteiger partial charge in [-0.3, -0.25) is 0 Å². The number of para-hydroxylation sites is 1. The van der Waals surface area contributed by atoms with Gasteiger partial charge in [-0.15, -0.1) is 0 Å². The van der Waals surface area contributed by atoms with Crippen molar-refractivity contribution in [2.45, 2.75) is 31.2 Å². The fourth-order valence-electron chi connectivity index (χ4n) is 5.14. The molecule has 3 aliphatic heterocycles. The summed E-state index contributed by atoms with van der Waals surface area (Å²) in [6.45, 7) is 13.0. The minimum Gasteiger partial charge on any atom is -0.508 e. The SMILES string of the molecule is C=C/C=C(/CCCN1CCC2C(C1)c1cccc3c1N2CCN3C)C(=C)O. The third-order valence-corrected chi connectivity index (χ3v) is 6.49. The Morgan fingerprint density at radius 3 is 2.93 bits per heavy atom. The first-order valence-corrected chi connectivity index (χ1v) is 10.1. The molecule has 1 saturated heterocycles. The van der Waals surface area contributed by atoms with Crippen LogP contribution >= 0.6 is 0 Å². The van der Waals surface area contributed by atoms with E-state index in [1.54, 1.807) is 11.6 Å². The smallest absolute Gasteiger partial charge is 0.111 e. The predicted octanol–water partition coefficient (Wildman–Crippen LogP) is 4.08. The number of hydrogen-bond acceptors (Lipinski definition) is 4. The number of likely N-dealkylation sites (N-methyl/N-ethyl adjacent to an activating group) is 1. The molecule has 4 rings (SSSR count). The highest BCUT2D eigenvalue weighted by molar-refractivity contribution is 5.80. The quantitative estimate of drug-likeness (QED) is 0.608. The van der Waals surface area contributed by atoms with Crippen molar-refractivity contribution >= 4 is 11.4 Å². The molecule has 0 radical (unpaired) electrons. The van der Waals surface area contributed by atoms with Gasteiger partial charge in [-0.25, -0.2) is 0 Å². The standard InChI is InChI=1S/C23H31N3O/c1-4-7-18(17(2)27)8-6-12-25-13-11-21-20(16-25)19-9-5-10-22-23(19)26(21)15-14-24(22)3/h4-5,7,9-10,20-21,27H,1-2,6,8,11-16H2,3H3/b18-7-. The van der Waals surface area contributed by atoms with E-state index in [1.165, 1.54) is 17.8 Å². The molecule has 2 unspecified atom stereocenters. The van der Waals surface area contributed by atoms with Crippen molar-refractivity contribution < 1.29 is 5.11 Å². The Balaban J connectivity index is 1.43. The molecule has 0 amide bonds. The summed E-state index contributed by atoms with van der Waals surface area (Å²) in [5.41, 5.74) is 5.34. The fourth-order valence-corrected chi connectivity index (χ4v) is 5.14. The Hall–Kier alpha value is -2.20. The summed E-state index contributed by atoms with van der Waals surface area (Å²) < 4.78 is 0. The van der Waals surface area contributed by atoms with Crippen LogP contribution in [0.5, 0.6) is 0 Å². The molecular formula is C23H31N3O. The van der Waals surface area contributed by atoms with Gasteiger partial charge in [-0.1, -0.05) is 37.4 Å². The largest absolute Gasteiger partial charge is 0.508 e. The highest BCUT2D eigenvalue weighted by Gasteiger charge is 2.44. The average molecular weight is 366 g/mol. The van der Waals surface area contributed by atoms with Crippen LogP contribution in [0.25, 0.3) is 0 Å². The minimum absolute atomic E-state index is 0.170. The maximum Gasteiger partial charge on any atom is 0.111 e. The number of aliphatic hydroxyl groups is 1. The van der Waals surface area contributed by atoms with Gasteiger partial charge in [0.15, 0.2) is 0 Å². The third kappa shape index (κ3) is 3.27. The van der Waals surface area contributed by atoms with Crippen molar-refractivity contribution in [1.29, 1.82) is 0 Å². The Bertz CT molecular complexity index is 769. The van der Waals surface area contributed by atoms with Crippen LogP contribution in [0, 0.1) is 0 Å². The van der Waals surface area contributed by atoms with Gasteiger partial charge in [0.25, 0.3) is 0 Å². The number of nitrogens with zero attached hydrogens (tertiary/aromatic N) is 3. The number of anilines is 2. The molecule has 3 aliphatic rings.